The van der Waals surface area contributed by atoms with Crippen LogP contribution in [0.5, 0.6) is 5.75 Å². The minimum absolute atomic E-state index is 0.00798. The number of amides is 1. The number of halogens is 1. The smallest absolute Gasteiger partial charge is 0.296 e. The first-order valence-electron chi connectivity index (χ1n) is 9.15. The van der Waals surface area contributed by atoms with Crippen LogP contribution in [0.4, 0.5) is 5.82 Å². The second-order valence-corrected chi connectivity index (χ2v) is 7.85. The van der Waals surface area contributed by atoms with Crippen molar-refractivity contribution in [2.24, 2.45) is 0 Å². The molecule has 0 spiro atoms. The van der Waals surface area contributed by atoms with Crippen molar-refractivity contribution in [2.45, 2.75) is 13.0 Å². The van der Waals surface area contributed by atoms with Gasteiger partial charge in [-0.05, 0) is 31.2 Å². The summed E-state index contributed by atoms with van der Waals surface area (Å²) in [6.07, 6.45) is 0. The monoisotopic (exact) mass is 466 g/mol. The quantitative estimate of drug-likeness (QED) is 0.438. The second kappa shape index (κ2) is 6.84. The Hall–Kier alpha value is -3.39. The summed E-state index contributed by atoms with van der Waals surface area (Å²) in [5.74, 6) is 0.912. The van der Waals surface area contributed by atoms with Crippen LogP contribution >= 0.6 is 15.9 Å². The van der Waals surface area contributed by atoms with E-state index in [1.54, 1.807) is 44.4 Å². The highest BCUT2D eigenvalue weighted by Crippen LogP contribution is 2.43. The second-order valence-electron chi connectivity index (χ2n) is 6.93. The fraction of sp³-hybridized carbons (Fsp3) is 0.136. The Labute approximate surface area is 179 Å². The molecule has 0 saturated carbocycles. The summed E-state index contributed by atoms with van der Waals surface area (Å²) in [7, 11) is 1.54. The van der Waals surface area contributed by atoms with E-state index < -0.39 is 11.9 Å². The van der Waals surface area contributed by atoms with Crippen LogP contribution < -0.4 is 15.1 Å². The van der Waals surface area contributed by atoms with Crippen LogP contribution in [0.25, 0.3) is 11.0 Å². The summed E-state index contributed by atoms with van der Waals surface area (Å²) in [6, 6.07) is 13.2. The maximum absolute atomic E-state index is 13.5. The Balaban J connectivity index is 1.86. The third-order valence-electron chi connectivity index (χ3n) is 5.13. The number of anilines is 1. The normalized spacial score (nSPS) is 15.6. The molecule has 1 atom stereocenters. The number of ether oxygens (including phenoxy) is 1. The van der Waals surface area contributed by atoms with E-state index >= 15 is 0 Å². The standard InChI is InChI=1S/C22H15BrN2O5/c1-11-9-17(24-30-11)25-19(13-5-3-4-6-15(13)28-2)18-20(26)14-10-12(23)7-8-16(14)29-21(18)22(25)27/h3-10,19H,1-2H3. The number of para-hydroxylation sites is 1. The summed E-state index contributed by atoms with van der Waals surface area (Å²) in [5.41, 5.74) is 0.955. The lowest BCUT2D eigenvalue weighted by molar-refractivity contribution is 0.0969. The fourth-order valence-electron chi connectivity index (χ4n) is 3.83. The van der Waals surface area contributed by atoms with Crippen LogP contribution in [-0.2, 0) is 0 Å². The highest BCUT2D eigenvalue weighted by Gasteiger charge is 2.45. The van der Waals surface area contributed by atoms with Gasteiger partial charge in [0.05, 0.1) is 18.1 Å². The molecular formula is C22H15BrN2O5. The van der Waals surface area contributed by atoms with Crippen molar-refractivity contribution < 1.29 is 18.5 Å². The van der Waals surface area contributed by atoms with Crippen LogP contribution in [0, 0.1) is 6.92 Å². The van der Waals surface area contributed by atoms with E-state index in [0.29, 0.717) is 33.9 Å². The minimum atomic E-state index is -0.771. The Bertz CT molecular complexity index is 1370. The van der Waals surface area contributed by atoms with E-state index in [4.69, 9.17) is 13.7 Å². The third-order valence-corrected chi connectivity index (χ3v) is 5.62. The fourth-order valence-corrected chi connectivity index (χ4v) is 4.20. The lowest BCUT2D eigenvalue weighted by Gasteiger charge is -2.23. The van der Waals surface area contributed by atoms with Gasteiger partial charge in [0.2, 0.25) is 5.76 Å². The van der Waals surface area contributed by atoms with Gasteiger partial charge in [0, 0.05) is 16.1 Å². The summed E-state index contributed by atoms with van der Waals surface area (Å²) in [4.78, 5) is 28.4. The molecule has 0 fully saturated rings. The molecule has 1 aliphatic heterocycles. The Morgan fingerprint density at radius 1 is 1.13 bits per heavy atom. The van der Waals surface area contributed by atoms with Crippen LogP contribution in [0.2, 0.25) is 0 Å². The molecule has 2 aromatic heterocycles. The zero-order chi connectivity index (χ0) is 21.0. The number of carbonyl (C=O) groups excluding carboxylic acids is 1. The number of nitrogens with zero attached hydrogens (tertiary/aromatic N) is 2. The Morgan fingerprint density at radius 2 is 1.93 bits per heavy atom. The first-order chi connectivity index (χ1) is 14.5. The van der Waals surface area contributed by atoms with Gasteiger partial charge < -0.3 is 13.7 Å². The number of aromatic nitrogens is 1. The SMILES string of the molecule is COc1ccccc1C1c2c(oc3ccc(Br)cc3c2=O)C(=O)N1c1cc(C)on1. The predicted molar refractivity (Wildman–Crippen MR) is 113 cm³/mol. The van der Waals surface area contributed by atoms with Gasteiger partial charge in [-0.2, -0.15) is 0 Å². The molecule has 0 bridgehead atoms. The van der Waals surface area contributed by atoms with E-state index in [1.165, 1.54) is 4.90 Å². The number of methoxy groups -OCH3 is 1. The Morgan fingerprint density at radius 3 is 2.67 bits per heavy atom. The van der Waals surface area contributed by atoms with E-state index in [9.17, 15) is 9.59 Å². The average molecular weight is 467 g/mol. The molecule has 3 heterocycles. The third kappa shape index (κ3) is 2.68. The first-order valence-corrected chi connectivity index (χ1v) is 9.95. The highest BCUT2D eigenvalue weighted by molar-refractivity contribution is 9.10. The number of hydrogen-bond donors (Lipinski definition) is 0. The molecule has 0 N–H and O–H groups in total. The van der Waals surface area contributed by atoms with E-state index in [0.717, 1.165) is 4.47 Å². The van der Waals surface area contributed by atoms with Crippen molar-refractivity contribution in [3.63, 3.8) is 0 Å². The lowest BCUT2D eigenvalue weighted by atomic mass is 9.97. The van der Waals surface area contributed by atoms with E-state index in [-0.39, 0.29) is 16.8 Å². The zero-order valence-electron chi connectivity index (χ0n) is 16.0. The molecule has 0 radical (unpaired) electrons. The largest absolute Gasteiger partial charge is 0.496 e. The highest BCUT2D eigenvalue weighted by atomic mass is 79.9. The first kappa shape index (κ1) is 18.6. The molecule has 1 aliphatic rings. The number of benzene rings is 2. The number of fused-ring (bicyclic) bond motifs is 2. The summed E-state index contributed by atoms with van der Waals surface area (Å²) in [5, 5.41) is 4.40. The van der Waals surface area contributed by atoms with Gasteiger partial charge >= 0.3 is 0 Å². The lowest BCUT2D eigenvalue weighted by Crippen LogP contribution is -2.30. The van der Waals surface area contributed by atoms with Gasteiger partial charge in [0.15, 0.2) is 11.2 Å². The van der Waals surface area contributed by atoms with Crippen molar-refractivity contribution in [2.75, 3.05) is 12.0 Å². The van der Waals surface area contributed by atoms with Crippen LogP contribution in [0.15, 0.2) is 66.7 Å². The molecule has 1 unspecified atom stereocenters. The topological polar surface area (TPSA) is 85.8 Å². The summed E-state index contributed by atoms with van der Waals surface area (Å²) < 4.78 is 17.4. The Kier molecular flexibility index (Phi) is 4.25. The molecule has 2 aromatic carbocycles. The molecule has 30 heavy (non-hydrogen) atoms. The van der Waals surface area contributed by atoms with Crippen molar-refractivity contribution >= 4 is 38.6 Å². The van der Waals surface area contributed by atoms with Crippen molar-refractivity contribution in [1.29, 1.82) is 0 Å². The van der Waals surface area contributed by atoms with Crippen LogP contribution in [0.3, 0.4) is 0 Å². The number of rotatable bonds is 3. The van der Waals surface area contributed by atoms with Gasteiger partial charge in [-0.1, -0.05) is 39.3 Å². The molecule has 7 nitrogen and oxygen atoms in total. The molecule has 8 heteroatoms. The number of hydrogen-bond acceptors (Lipinski definition) is 6. The van der Waals surface area contributed by atoms with Crippen LogP contribution in [-0.4, -0.2) is 18.2 Å². The van der Waals surface area contributed by atoms with Gasteiger partial charge in [-0.15, -0.1) is 0 Å². The van der Waals surface area contributed by atoms with Gasteiger partial charge in [-0.25, -0.2) is 0 Å². The maximum Gasteiger partial charge on any atom is 0.296 e. The van der Waals surface area contributed by atoms with Crippen LogP contribution in [0.1, 0.15) is 33.5 Å². The minimum Gasteiger partial charge on any atom is -0.496 e. The zero-order valence-corrected chi connectivity index (χ0v) is 17.6. The van der Waals surface area contributed by atoms with Gasteiger partial charge in [-0.3, -0.25) is 14.5 Å². The van der Waals surface area contributed by atoms with E-state index in [1.807, 2.05) is 18.2 Å². The average Bonchev–Trinajstić information content (AvgIpc) is 3.29. The number of aryl methyl sites for hydroxylation is 1. The summed E-state index contributed by atoms with van der Waals surface area (Å²) in [6.45, 7) is 1.73. The molecule has 150 valence electrons. The van der Waals surface area contributed by atoms with Crippen molar-refractivity contribution in [1.82, 2.24) is 5.16 Å². The van der Waals surface area contributed by atoms with Crippen molar-refractivity contribution in [3.05, 3.63) is 85.9 Å². The molecule has 0 aliphatic carbocycles. The molecule has 0 saturated heterocycles. The molecule has 5 rings (SSSR count). The molecule has 4 aromatic rings. The number of carbonyl (C=O) groups is 1. The van der Waals surface area contributed by atoms with Crippen molar-refractivity contribution in [3.8, 4) is 5.75 Å². The maximum atomic E-state index is 13.5. The van der Waals surface area contributed by atoms with E-state index in [2.05, 4.69) is 21.1 Å². The van der Waals surface area contributed by atoms with Gasteiger partial charge in [0.25, 0.3) is 5.91 Å². The van der Waals surface area contributed by atoms with Gasteiger partial charge in [0.1, 0.15) is 23.1 Å². The summed E-state index contributed by atoms with van der Waals surface area (Å²) >= 11 is 3.39. The molecular weight excluding hydrogens is 452 g/mol. The predicted octanol–water partition coefficient (Wildman–Crippen LogP) is 4.61. The molecule has 1 amide bonds.